The average Bonchev–Trinajstić information content (AvgIpc) is 2.85. The van der Waals surface area contributed by atoms with Crippen LogP contribution in [-0.4, -0.2) is 21.0 Å². The molecule has 0 aliphatic rings. The zero-order chi connectivity index (χ0) is 19.6. The maximum absolute atomic E-state index is 13.7. The number of thioether (sulfide) groups is 1. The number of carbonyl (C=O) groups is 1. The van der Waals surface area contributed by atoms with Crippen LogP contribution in [0.4, 0.5) is 14.5 Å². The summed E-state index contributed by atoms with van der Waals surface area (Å²) in [7, 11) is 1.72. The molecule has 0 aliphatic carbocycles. The van der Waals surface area contributed by atoms with Gasteiger partial charge in [-0.25, -0.2) is 13.5 Å². The van der Waals surface area contributed by atoms with Crippen LogP contribution in [0.15, 0.2) is 58.2 Å². The molecule has 0 saturated heterocycles. The van der Waals surface area contributed by atoms with E-state index >= 15 is 0 Å². The molecule has 0 fully saturated rings. The fraction of sp³-hybridized carbons (Fsp3) is 0.158. The topological polar surface area (TPSA) is 56.0 Å². The van der Waals surface area contributed by atoms with Crippen molar-refractivity contribution in [1.29, 1.82) is 0 Å². The molecule has 3 aromatic rings. The second-order valence-corrected chi connectivity index (χ2v) is 6.87. The van der Waals surface area contributed by atoms with E-state index in [0.29, 0.717) is 11.4 Å². The summed E-state index contributed by atoms with van der Waals surface area (Å²) in [5.74, 6) is -1.96. The van der Waals surface area contributed by atoms with Crippen LogP contribution in [0.1, 0.15) is 5.69 Å². The van der Waals surface area contributed by atoms with Crippen LogP contribution in [0.25, 0.3) is 5.69 Å². The minimum Gasteiger partial charge on any atom is -0.319 e. The first kappa shape index (κ1) is 18.9. The Hall–Kier alpha value is -2.87. The van der Waals surface area contributed by atoms with Crippen LogP contribution >= 0.6 is 11.8 Å². The van der Waals surface area contributed by atoms with Gasteiger partial charge in [0, 0.05) is 18.0 Å². The molecule has 0 saturated carbocycles. The lowest BCUT2D eigenvalue weighted by atomic mass is 10.3. The molecule has 0 unspecified atom stereocenters. The van der Waals surface area contributed by atoms with Crippen molar-refractivity contribution >= 4 is 23.4 Å². The third-order valence-corrected chi connectivity index (χ3v) is 5.12. The van der Waals surface area contributed by atoms with Gasteiger partial charge in [0.1, 0.15) is 17.3 Å². The first-order chi connectivity index (χ1) is 12.9. The molecule has 0 radical (unpaired) electrons. The van der Waals surface area contributed by atoms with Gasteiger partial charge in [-0.15, -0.1) is 11.8 Å². The van der Waals surface area contributed by atoms with Crippen LogP contribution in [0.5, 0.6) is 0 Å². The van der Waals surface area contributed by atoms with E-state index in [-0.39, 0.29) is 21.9 Å². The Labute approximate surface area is 158 Å². The molecule has 1 N–H and O–H groups in total. The molecular formula is C19H17F2N3O2S. The summed E-state index contributed by atoms with van der Waals surface area (Å²) in [6.45, 7) is 1.73. The number of halogens is 2. The molecule has 0 atom stereocenters. The number of benzene rings is 2. The van der Waals surface area contributed by atoms with E-state index in [1.165, 1.54) is 10.7 Å². The lowest BCUT2D eigenvalue weighted by molar-refractivity contribution is -0.113. The molecule has 5 nitrogen and oxygen atoms in total. The molecule has 1 aromatic heterocycles. The molecule has 1 amide bonds. The third kappa shape index (κ3) is 3.95. The van der Waals surface area contributed by atoms with Crippen molar-refractivity contribution in [3.05, 3.63) is 76.2 Å². The van der Waals surface area contributed by atoms with E-state index in [1.807, 2.05) is 18.2 Å². The Kier molecular flexibility index (Phi) is 5.46. The van der Waals surface area contributed by atoms with E-state index in [4.69, 9.17) is 0 Å². The van der Waals surface area contributed by atoms with E-state index in [1.54, 1.807) is 30.8 Å². The predicted octanol–water partition coefficient (Wildman–Crippen LogP) is 3.49. The summed E-state index contributed by atoms with van der Waals surface area (Å²) >= 11 is 0.933. The Bertz CT molecular complexity index is 1050. The highest BCUT2D eigenvalue weighted by molar-refractivity contribution is 8.00. The highest BCUT2D eigenvalue weighted by atomic mass is 32.2. The minimum absolute atomic E-state index is 0.109. The van der Waals surface area contributed by atoms with Crippen LogP contribution in [0.2, 0.25) is 0 Å². The van der Waals surface area contributed by atoms with Crippen LogP contribution in [-0.2, 0) is 11.8 Å². The van der Waals surface area contributed by atoms with Crippen molar-refractivity contribution in [1.82, 2.24) is 9.36 Å². The van der Waals surface area contributed by atoms with E-state index in [9.17, 15) is 18.4 Å². The zero-order valence-corrected chi connectivity index (χ0v) is 15.5. The number of para-hydroxylation sites is 1. The van der Waals surface area contributed by atoms with Crippen LogP contribution in [0.3, 0.4) is 0 Å². The van der Waals surface area contributed by atoms with Gasteiger partial charge in [-0.2, -0.15) is 0 Å². The summed E-state index contributed by atoms with van der Waals surface area (Å²) in [5.41, 5.74) is 1.09. The molecule has 2 aromatic carbocycles. The minimum atomic E-state index is -0.727. The predicted molar refractivity (Wildman–Crippen MR) is 101 cm³/mol. The van der Waals surface area contributed by atoms with Gasteiger partial charge in [0.05, 0.1) is 17.1 Å². The Balaban J connectivity index is 1.78. The van der Waals surface area contributed by atoms with Gasteiger partial charge in [-0.3, -0.25) is 14.3 Å². The summed E-state index contributed by atoms with van der Waals surface area (Å²) < 4.78 is 29.7. The van der Waals surface area contributed by atoms with Gasteiger partial charge in [0.25, 0.3) is 5.56 Å². The normalized spacial score (nSPS) is 10.8. The van der Waals surface area contributed by atoms with Gasteiger partial charge >= 0.3 is 0 Å². The van der Waals surface area contributed by atoms with Gasteiger partial charge < -0.3 is 5.32 Å². The van der Waals surface area contributed by atoms with Crippen molar-refractivity contribution in [3.8, 4) is 5.69 Å². The first-order valence-corrected chi connectivity index (χ1v) is 9.08. The number of rotatable bonds is 5. The fourth-order valence-electron chi connectivity index (χ4n) is 2.62. The smallest absolute Gasteiger partial charge is 0.295 e. The first-order valence-electron chi connectivity index (χ1n) is 8.10. The summed E-state index contributed by atoms with van der Waals surface area (Å²) in [6.07, 6.45) is 0. The standard InChI is InChI=1S/C19H17F2N3O2S/c1-12-18(19(26)24(23(12)2)14-6-4-3-5-7-14)22-17(25)11-27-16-9-8-13(20)10-15(16)21/h3-10H,11H2,1-2H3,(H,22,25). The Morgan fingerprint density at radius 3 is 2.52 bits per heavy atom. The largest absolute Gasteiger partial charge is 0.319 e. The van der Waals surface area contributed by atoms with Crippen molar-refractivity contribution in [3.63, 3.8) is 0 Å². The second kappa shape index (κ2) is 7.79. The number of nitrogens with zero attached hydrogens (tertiary/aromatic N) is 2. The number of anilines is 1. The van der Waals surface area contributed by atoms with Crippen LogP contribution < -0.4 is 10.9 Å². The Morgan fingerprint density at radius 2 is 1.85 bits per heavy atom. The van der Waals surface area contributed by atoms with E-state index in [0.717, 1.165) is 23.9 Å². The highest BCUT2D eigenvalue weighted by Gasteiger charge is 2.18. The van der Waals surface area contributed by atoms with Gasteiger partial charge in [0.2, 0.25) is 5.91 Å². The lowest BCUT2D eigenvalue weighted by Gasteiger charge is -2.07. The molecule has 8 heteroatoms. The molecule has 27 heavy (non-hydrogen) atoms. The zero-order valence-electron chi connectivity index (χ0n) is 14.7. The fourth-order valence-corrected chi connectivity index (χ4v) is 3.34. The number of nitrogens with one attached hydrogen (secondary N) is 1. The second-order valence-electron chi connectivity index (χ2n) is 5.85. The van der Waals surface area contributed by atoms with Gasteiger partial charge in [0.15, 0.2) is 0 Å². The summed E-state index contributed by atoms with van der Waals surface area (Å²) in [5, 5.41) is 2.60. The quantitative estimate of drug-likeness (QED) is 0.680. The number of amides is 1. The number of hydrogen-bond acceptors (Lipinski definition) is 3. The number of hydrogen-bond donors (Lipinski definition) is 1. The van der Waals surface area contributed by atoms with Gasteiger partial charge in [-0.1, -0.05) is 18.2 Å². The average molecular weight is 389 g/mol. The molecule has 3 rings (SSSR count). The lowest BCUT2D eigenvalue weighted by Crippen LogP contribution is -2.23. The van der Waals surface area contributed by atoms with Crippen molar-refractivity contribution in [2.45, 2.75) is 11.8 Å². The number of aromatic nitrogens is 2. The van der Waals surface area contributed by atoms with E-state index in [2.05, 4.69) is 5.32 Å². The SMILES string of the molecule is Cc1c(NC(=O)CSc2ccc(F)cc2F)c(=O)n(-c2ccccc2)n1C. The summed E-state index contributed by atoms with van der Waals surface area (Å²) in [4.78, 5) is 25.1. The van der Waals surface area contributed by atoms with Crippen molar-refractivity contribution in [2.24, 2.45) is 7.05 Å². The molecule has 0 aliphatic heterocycles. The molecule has 140 valence electrons. The Morgan fingerprint density at radius 1 is 1.15 bits per heavy atom. The van der Waals surface area contributed by atoms with Gasteiger partial charge in [-0.05, 0) is 31.2 Å². The van der Waals surface area contributed by atoms with Crippen molar-refractivity contribution in [2.75, 3.05) is 11.1 Å². The molecular weight excluding hydrogens is 372 g/mol. The number of carbonyl (C=O) groups excluding carboxylic acids is 1. The van der Waals surface area contributed by atoms with Crippen LogP contribution in [0, 0.1) is 18.6 Å². The molecule has 1 heterocycles. The monoisotopic (exact) mass is 389 g/mol. The maximum Gasteiger partial charge on any atom is 0.295 e. The van der Waals surface area contributed by atoms with Crippen molar-refractivity contribution < 1.29 is 13.6 Å². The maximum atomic E-state index is 13.7. The summed E-state index contributed by atoms with van der Waals surface area (Å²) in [6, 6.07) is 12.2. The molecule has 0 bridgehead atoms. The third-order valence-electron chi connectivity index (χ3n) is 4.07. The highest BCUT2D eigenvalue weighted by Crippen LogP contribution is 2.22. The van der Waals surface area contributed by atoms with E-state index < -0.39 is 17.5 Å². The molecule has 0 spiro atoms.